The minimum Gasteiger partial charge on any atom is -0.738 e. The summed E-state index contributed by atoms with van der Waals surface area (Å²) >= 11 is 4.96. The summed E-state index contributed by atoms with van der Waals surface area (Å²) in [6, 6.07) is 7.07. The Morgan fingerprint density at radius 1 is 1.45 bits per heavy atom. The molecular weight excluding hydrogens is 300 g/mol. The Hall–Kier alpha value is -0.220. The molecule has 0 saturated heterocycles. The van der Waals surface area contributed by atoms with E-state index in [0.717, 1.165) is 0 Å². The van der Waals surface area contributed by atoms with Gasteiger partial charge in [0.05, 0.1) is 18.2 Å². The molecule has 1 aromatic carbocycles. The number of carbonyl (C=O) groups is 1. The molecule has 0 unspecified atom stereocenters. The van der Waals surface area contributed by atoms with Crippen molar-refractivity contribution >= 4 is 24.3 Å². The molecule has 10 heteroatoms. The van der Waals surface area contributed by atoms with Crippen LogP contribution in [0.2, 0.25) is 0 Å². The average Bonchev–Trinajstić information content (AvgIpc) is 2.75. The maximum absolute atomic E-state index is 10.5. The summed E-state index contributed by atoms with van der Waals surface area (Å²) < 4.78 is 1.39. The Balaban J connectivity index is 0.00000180. The number of anilines is 1. The van der Waals surface area contributed by atoms with Crippen molar-refractivity contribution in [2.75, 3.05) is 18.5 Å². The van der Waals surface area contributed by atoms with Crippen LogP contribution in [0, 0.1) is 0 Å². The molecule has 0 bridgehead atoms. The molecule has 0 aliphatic rings. The number of rotatable bonds is 4. The van der Waals surface area contributed by atoms with Gasteiger partial charge in [0.25, 0.3) is 0 Å². The number of likely N-dealkylation sites (N-methyl/N-ethyl adjacent to an activating group) is 1. The van der Waals surface area contributed by atoms with E-state index in [9.17, 15) is 9.90 Å². The summed E-state index contributed by atoms with van der Waals surface area (Å²) in [5.41, 5.74) is 1.38. The normalized spacial score (nSPS) is 9.25. The van der Waals surface area contributed by atoms with Gasteiger partial charge in [-0.1, -0.05) is 6.07 Å². The smallest absolute Gasteiger partial charge is 0.738 e. The van der Waals surface area contributed by atoms with Gasteiger partial charge in [-0.2, -0.15) is 0 Å². The van der Waals surface area contributed by atoms with E-state index in [2.05, 4.69) is 15.5 Å². The van der Waals surface area contributed by atoms with Crippen LogP contribution < -0.4 is 69.1 Å². The number of benzene rings is 1. The molecule has 0 saturated carbocycles. The molecular formula is C10H9N5Na2O2S. The Labute approximate surface area is 165 Å². The molecule has 1 aromatic heterocycles. The number of tetrazole rings is 1. The van der Waals surface area contributed by atoms with Gasteiger partial charge in [0.1, 0.15) is 0 Å². The molecule has 2 aromatic rings. The summed E-state index contributed by atoms with van der Waals surface area (Å²) in [6.45, 7) is -0.195. The standard InChI is InChI=1S/C10H11N5O2S.2Na/c1-14(6-9(16)17)7-3-2-4-8(5-7)15-10(18)11-12-13-15;;/h2-5H,6H2,1H3,(H,16,17)(H,11,13,18);;/q;2*+1/p-2. The summed E-state index contributed by atoms with van der Waals surface area (Å²) in [7, 11) is 1.66. The van der Waals surface area contributed by atoms with Gasteiger partial charge < -0.3 is 27.4 Å². The number of hydrogen-bond donors (Lipinski definition) is 0. The third-order valence-electron chi connectivity index (χ3n) is 2.32. The zero-order valence-electron chi connectivity index (χ0n) is 11.5. The first-order chi connectivity index (χ1) is 8.58. The third-order valence-corrected chi connectivity index (χ3v) is 2.58. The monoisotopic (exact) mass is 309 g/mol. The summed E-state index contributed by atoms with van der Waals surface area (Å²) in [6.07, 6.45) is 0. The van der Waals surface area contributed by atoms with Crippen molar-refractivity contribution in [2.24, 2.45) is 0 Å². The zero-order valence-corrected chi connectivity index (χ0v) is 16.3. The van der Waals surface area contributed by atoms with E-state index in [1.165, 1.54) is 4.68 Å². The fourth-order valence-electron chi connectivity index (χ4n) is 1.49. The molecule has 0 atom stereocenters. The zero-order chi connectivity index (χ0) is 13.1. The molecule has 0 fully saturated rings. The summed E-state index contributed by atoms with van der Waals surface area (Å²) in [5, 5.41) is 21.6. The molecule has 7 nitrogen and oxygen atoms in total. The fraction of sp³-hybridized carbons (Fsp3) is 0.200. The van der Waals surface area contributed by atoms with Crippen LogP contribution in [-0.2, 0) is 17.4 Å². The van der Waals surface area contributed by atoms with Gasteiger partial charge in [0, 0.05) is 17.9 Å². The topological polar surface area (TPSA) is 87.0 Å². The van der Waals surface area contributed by atoms with Gasteiger partial charge in [0.2, 0.25) is 0 Å². The summed E-state index contributed by atoms with van der Waals surface area (Å²) in [5.74, 6) is -1.14. The molecule has 0 spiro atoms. The van der Waals surface area contributed by atoms with Crippen molar-refractivity contribution in [3.63, 3.8) is 0 Å². The van der Waals surface area contributed by atoms with Crippen LogP contribution in [0.15, 0.2) is 29.4 Å². The van der Waals surface area contributed by atoms with Gasteiger partial charge in [0.15, 0.2) is 0 Å². The minimum atomic E-state index is -1.14. The van der Waals surface area contributed by atoms with E-state index >= 15 is 0 Å². The SMILES string of the molecule is CN(CC(=O)[O-])c1cccc(-n2nnnc2[S-])c1.[Na+].[Na+]. The maximum Gasteiger partial charge on any atom is 1.00 e. The molecule has 0 radical (unpaired) electrons. The average molecular weight is 309 g/mol. The fourth-order valence-corrected chi connectivity index (χ4v) is 1.67. The van der Waals surface area contributed by atoms with Gasteiger partial charge in [-0.15, -0.1) is 5.10 Å². The third kappa shape index (κ3) is 4.96. The quantitative estimate of drug-likeness (QED) is 0.410. The van der Waals surface area contributed by atoms with Crippen LogP contribution in [0.25, 0.3) is 5.69 Å². The van der Waals surface area contributed by atoms with Crippen LogP contribution in [-0.4, -0.2) is 39.8 Å². The Bertz CT molecular complexity index is 580. The Morgan fingerprint density at radius 2 is 2.15 bits per heavy atom. The Kier molecular flexibility index (Phi) is 8.83. The molecule has 0 amide bonds. The predicted molar refractivity (Wildman–Crippen MR) is 63.1 cm³/mol. The van der Waals surface area contributed by atoms with E-state index in [1.54, 1.807) is 36.2 Å². The van der Waals surface area contributed by atoms with E-state index in [0.29, 0.717) is 11.4 Å². The number of hydrogen-bond acceptors (Lipinski definition) is 7. The molecule has 0 aliphatic heterocycles. The first-order valence-corrected chi connectivity index (χ1v) is 5.45. The van der Waals surface area contributed by atoms with Crippen LogP contribution >= 0.6 is 0 Å². The second-order valence-electron chi connectivity index (χ2n) is 3.62. The first kappa shape index (κ1) is 19.8. The van der Waals surface area contributed by atoms with E-state index < -0.39 is 5.97 Å². The van der Waals surface area contributed by atoms with Gasteiger partial charge in [-0.25, -0.2) is 4.68 Å². The van der Waals surface area contributed by atoms with Crippen molar-refractivity contribution in [1.29, 1.82) is 0 Å². The van der Waals surface area contributed by atoms with Crippen molar-refractivity contribution in [1.82, 2.24) is 20.2 Å². The molecule has 20 heavy (non-hydrogen) atoms. The second-order valence-corrected chi connectivity index (χ2v) is 3.99. The number of carboxylic acid groups (broad SMARTS) is 1. The van der Waals surface area contributed by atoms with Crippen molar-refractivity contribution in [3.8, 4) is 5.69 Å². The van der Waals surface area contributed by atoms with Crippen molar-refractivity contribution in [2.45, 2.75) is 5.16 Å². The van der Waals surface area contributed by atoms with E-state index in [-0.39, 0.29) is 70.8 Å². The van der Waals surface area contributed by atoms with Gasteiger partial charge in [-0.05, 0) is 28.6 Å². The molecule has 0 aliphatic carbocycles. The second kappa shape index (κ2) is 8.93. The largest absolute Gasteiger partial charge is 1.00 e. The Morgan fingerprint density at radius 3 is 2.70 bits per heavy atom. The molecule has 0 N–H and O–H groups in total. The van der Waals surface area contributed by atoms with Crippen LogP contribution in [0.5, 0.6) is 0 Å². The number of aromatic nitrogens is 4. The predicted octanol–water partition coefficient (Wildman–Crippen LogP) is -7.24. The van der Waals surface area contributed by atoms with Gasteiger partial charge in [-0.3, -0.25) is 0 Å². The minimum absolute atomic E-state index is 0. The molecule has 94 valence electrons. The van der Waals surface area contributed by atoms with E-state index in [1.807, 2.05) is 0 Å². The molecule has 1 heterocycles. The number of carbonyl (C=O) groups excluding carboxylic acids is 1. The van der Waals surface area contributed by atoms with Crippen LogP contribution in [0.4, 0.5) is 5.69 Å². The maximum atomic E-state index is 10.5. The van der Waals surface area contributed by atoms with Crippen LogP contribution in [0.1, 0.15) is 0 Å². The summed E-state index contributed by atoms with van der Waals surface area (Å²) in [4.78, 5) is 12.1. The van der Waals surface area contributed by atoms with Crippen LogP contribution in [0.3, 0.4) is 0 Å². The van der Waals surface area contributed by atoms with Gasteiger partial charge >= 0.3 is 59.1 Å². The first-order valence-electron chi connectivity index (χ1n) is 5.05. The van der Waals surface area contributed by atoms with Crippen molar-refractivity contribution in [3.05, 3.63) is 24.3 Å². The van der Waals surface area contributed by atoms with E-state index in [4.69, 9.17) is 12.6 Å². The van der Waals surface area contributed by atoms with Crippen molar-refractivity contribution < 1.29 is 69.0 Å². The number of carboxylic acids is 1. The number of aliphatic carboxylic acids is 1. The molecule has 2 rings (SSSR count). The number of nitrogens with zero attached hydrogens (tertiary/aromatic N) is 5.